The Morgan fingerprint density at radius 2 is 2.05 bits per heavy atom. The number of nitrogens with zero attached hydrogens (tertiary/aromatic N) is 2. The van der Waals surface area contributed by atoms with Crippen LogP contribution in [-0.2, 0) is 9.59 Å². The lowest BCUT2D eigenvalue weighted by Crippen LogP contribution is -2.42. The highest BCUT2D eigenvalue weighted by atomic mass is 35.5. The van der Waals surface area contributed by atoms with E-state index in [0.29, 0.717) is 18.9 Å². The molecule has 0 aromatic heterocycles. The fraction of sp³-hybridized carbons (Fsp3) is 0.846. The van der Waals surface area contributed by atoms with E-state index in [1.165, 1.54) is 0 Å². The first kappa shape index (κ1) is 16.2. The Balaban J connectivity index is 0.00000180. The van der Waals surface area contributed by atoms with Crippen molar-refractivity contribution in [2.45, 2.75) is 32.1 Å². The van der Waals surface area contributed by atoms with Gasteiger partial charge in [-0.05, 0) is 31.7 Å². The predicted octanol–water partition coefficient (Wildman–Crippen LogP) is 0.618. The number of amides is 2. The molecule has 2 rings (SSSR count). The van der Waals surface area contributed by atoms with E-state index < -0.39 is 0 Å². The second-order valence-corrected chi connectivity index (χ2v) is 5.36. The molecule has 0 spiro atoms. The summed E-state index contributed by atoms with van der Waals surface area (Å²) >= 11 is 0. The van der Waals surface area contributed by atoms with Gasteiger partial charge in [-0.1, -0.05) is 6.42 Å². The minimum Gasteiger partial charge on any atom is -0.341 e. The van der Waals surface area contributed by atoms with Gasteiger partial charge < -0.3 is 15.5 Å². The molecule has 0 aromatic carbocycles. The molecule has 2 aliphatic rings. The lowest BCUT2D eigenvalue weighted by Gasteiger charge is -2.23. The minimum absolute atomic E-state index is 0. The summed E-state index contributed by atoms with van der Waals surface area (Å²) in [7, 11) is 0. The topological polar surface area (TPSA) is 66.6 Å². The molecule has 2 aliphatic heterocycles. The first-order valence-electron chi connectivity index (χ1n) is 6.96. The third kappa shape index (κ3) is 4.35. The lowest BCUT2D eigenvalue weighted by atomic mass is 10.1. The van der Waals surface area contributed by atoms with Crippen LogP contribution in [0.25, 0.3) is 0 Å². The first-order chi connectivity index (χ1) is 8.70. The molecule has 2 N–H and O–H groups in total. The molecular weight excluding hydrogens is 266 g/mol. The SMILES string of the molecule is Cl.NCC1CCN(C(=O)CN2CCCCCC2=O)C1. The minimum atomic E-state index is 0. The molecule has 5 nitrogen and oxygen atoms in total. The molecule has 110 valence electrons. The zero-order valence-electron chi connectivity index (χ0n) is 11.3. The number of hydrogen-bond acceptors (Lipinski definition) is 3. The predicted molar refractivity (Wildman–Crippen MR) is 76.0 cm³/mol. The lowest BCUT2D eigenvalue weighted by molar-refractivity contribution is -0.139. The Bertz CT molecular complexity index is 325. The highest BCUT2D eigenvalue weighted by molar-refractivity contribution is 5.85. The van der Waals surface area contributed by atoms with Crippen LogP contribution in [-0.4, -0.2) is 54.3 Å². The molecule has 19 heavy (non-hydrogen) atoms. The number of carbonyl (C=O) groups excluding carboxylic acids is 2. The number of likely N-dealkylation sites (tertiary alicyclic amines) is 2. The highest BCUT2D eigenvalue weighted by Crippen LogP contribution is 2.16. The number of hydrogen-bond donors (Lipinski definition) is 1. The largest absolute Gasteiger partial charge is 0.341 e. The fourth-order valence-electron chi connectivity index (χ4n) is 2.72. The van der Waals surface area contributed by atoms with Gasteiger partial charge in [-0.15, -0.1) is 12.4 Å². The molecule has 2 fully saturated rings. The van der Waals surface area contributed by atoms with Crippen molar-refractivity contribution in [3.63, 3.8) is 0 Å². The van der Waals surface area contributed by atoms with Gasteiger partial charge >= 0.3 is 0 Å². The molecule has 0 aliphatic carbocycles. The monoisotopic (exact) mass is 289 g/mol. The molecule has 0 aromatic rings. The fourth-order valence-corrected chi connectivity index (χ4v) is 2.72. The summed E-state index contributed by atoms with van der Waals surface area (Å²) in [5.41, 5.74) is 5.62. The summed E-state index contributed by atoms with van der Waals surface area (Å²) in [5.74, 6) is 0.658. The van der Waals surface area contributed by atoms with Gasteiger partial charge in [0, 0.05) is 26.1 Å². The molecule has 0 bridgehead atoms. The average molecular weight is 290 g/mol. The molecule has 0 saturated carbocycles. The van der Waals surface area contributed by atoms with Gasteiger partial charge in [0.2, 0.25) is 11.8 Å². The summed E-state index contributed by atoms with van der Waals surface area (Å²) in [6.07, 6.45) is 4.66. The van der Waals surface area contributed by atoms with Crippen molar-refractivity contribution in [2.75, 3.05) is 32.7 Å². The first-order valence-corrected chi connectivity index (χ1v) is 6.96. The van der Waals surface area contributed by atoms with Crippen LogP contribution < -0.4 is 5.73 Å². The number of halogens is 1. The van der Waals surface area contributed by atoms with Gasteiger partial charge in [0.1, 0.15) is 0 Å². The molecule has 0 radical (unpaired) electrons. The van der Waals surface area contributed by atoms with Gasteiger partial charge in [-0.25, -0.2) is 0 Å². The van der Waals surface area contributed by atoms with Gasteiger partial charge in [0.05, 0.1) is 6.54 Å². The normalized spacial score (nSPS) is 24.1. The van der Waals surface area contributed by atoms with Gasteiger partial charge in [0.15, 0.2) is 0 Å². The number of nitrogens with two attached hydrogens (primary N) is 1. The summed E-state index contributed by atoms with van der Waals surface area (Å²) in [4.78, 5) is 27.5. The van der Waals surface area contributed by atoms with E-state index in [0.717, 1.165) is 45.3 Å². The molecule has 2 heterocycles. The molecular formula is C13H24ClN3O2. The van der Waals surface area contributed by atoms with Crippen LogP contribution in [0.2, 0.25) is 0 Å². The second kappa shape index (κ2) is 7.70. The maximum atomic E-state index is 12.1. The maximum absolute atomic E-state index is 12.1. The smallest absolute Gasteiger partial charge is 0.242 e. The molecule has 6 heteroatoms. The van der Waals surface area contributed by atoms with Crippen LogP contribution in [0.5, 0.6) is 0 Å². The van der Waals surface area contributed by atoms with Crippen LogP contribution >= 0.6 is 12.4 Å². The standard InChI is InChI=1S/C13H23N3O2.ClH/c14-8-11-5-7-16(9-11)13(18)10-15-6-3-1-2-4-12(15)17;/h11H,1-10,14H2;1H. The van der Waals surface area contributed by atoms with Crippen LogP contribution in [0.3, 0.4) is 0 Å². The quantitative estimate of drug-likeness (QED) is 0.828. The van der Waals surface area contributed by atoms with Crippen molar-refractivity contribution in [1.82, 2.24) is 9.80 Å². The van der Waals surface area contributed by atoms with Crippen molar-refractivity contribution in [2.24, 2.45) is 11.7 Å². The van der Waals surface area contributed by atoms with Crippen LogP contribution in [0.4, 0.5) is 0 Å². The Morgan fingerprint density at radius 3 is 2.74 bits per heavy atom. The van der Waals surface area contributed by atoms with Gasteiger partial charge in [0.25, 0.3) is 0 Å². The van der Waals surface area contributed by atoms with E-state index in [4.69, 9.17) is 5.73 Å². The van der Waals surface area contributed by atoms with E-state index in [9.17, 15) is 9.59 Å². The van der Waals surface area contributed by atoms with Crippen molar-refractivity contribution in [3.8, 4) is 0 Å². The van der Waals surface area contributed by atoms with E-state index in [1.54, 1.807) is 4.90 Å². The highest BCUT2D eigenvalue weighted by Gasteiger charge is 2.27. The van der Waals surface area contributed by atoms with Crippen molar-refractivity contribution in [1.29, 1.82) is 0 Å². The van der Waals surface area contributed by atoms with Crippen LogP contribution in [0, 0.1) is 5.92 Å². The van der Waals surface area contributed by atoms with Gasteiger partial charge in [-0.2, -0.15) is 0 Å². The van der Waals surface area contributed by atoms with Crippen molar-refractivity contribution in [3.05, 3.63) is 0 Å². The third-order valence-electron chi connectivity index (χ3n) is 3.97. The summed E-state index contributed by atoms with van der Waals surface area (Å²) in [6.45, 7) is 3.20. The molecule has 1 atom stereocenters. The van der Waals surface area contributed by atoms with Gasteiger partial charge in [-0.3, -0.25) is 9.59 Å². The van der Waals surface area contributed by atoms with Crippen LogP contribution in [0.1, 0.15) is 32.1 Å². The average Bonchev–Trinajstić information content (AvgIpc) is 2.77. The number of rotatable bonds is 3. The van der Waals surface area contributed by atoms with E-state index in [-0.39, 0.29) is 30.8 Å². The summed E-state index contributed by atoms with van der Waals surface area (Å²) in [5, 5.41) is 0. The summed E-state index contributed by atoms with van der Waals surface area (Å²) < 4.78 is 0. The number of carbonyl (C=O) groups is 2. The molecule has 1 unspecified atom stereocenters. The second-order valence-electron chi connectivity index (χ2n) is 5.36. The summed E-state index contributed by atoms with van der Waals surface area (Å²) in [6, 6.07) is 0. The van der Waals surface area contributed by atoms with E-state index in [1.807, 2.05) is 4.90 Å². The Morgan fingerprint density at radius 1 is 1.26 bits per heavy atom. The molecule has 2 saturated heterocycles. The Hall–Kier alpha value is -0.810. The van der Waals surface area contributed by atoms with Crippen molar-refractivity contribution >= 4 is 24.2 Å². The zero-order valence-corrected chi connectivity index (χ0v) is 12.2. The Labute approximate surface area is 120 Å². The van der Waals surface area contributed by atoms with E-state index in [2.05, 4.69) is 0 Å². The van der Waals surface area contributed by atoms with Crippen molar-refractivity contribution < 1.29 is 9.59 Å². The third-order valence-corrected chi connectivity index (χ3v) is 3.97. The zero-order chi connectivity index (χ0) is 13.0. The van der Waals surface area contributed by atoms with Crippen LogP contribution in [0.15, 0.2) is 0 Å². The van der Waals surface area contributed by atoms with E-state index >= 15 is 0 Å². The maximum Gasteiger partial charge on any atom is 0.242 e. The Kier molecular flexibility index (Phi) is 6.58. The molecule has 2 amide bonds.